The lowest BCUT2D eigenvalue weighted by atomic mass is 9.82. The van der Waals surface area contributed by atoms with E-state index in [0.717, 1.165) is 6.42 Å². The fraction of sp³-hybridized carbons (Fsp3) is 0.556. The van der Waals surface area contributed by atoms with Gasteiger partial charge >= 0.3 is 5.97 Å². The van der Waals surface area contributed by atoms with Crippen molar-refractivity contribution in [3.63, 3.8) is 0 Å². The van der Waals surface area contributed by atoms with Gasteiger partial charge in [-0.25, -0.2) is 0 Å². The number of hydrogen-bond acceptors (Lipinski definition) is 4. The monoisotopic (exact) mass is 335 g/mol. The molecule has 6 nitrogen and oxygen atoms in total. The Balaban J connectivity index is 2.02. The first-order chi connectivity index (χ1) is 11.5. The second-order valence-electron chi connectivity index (χ2n) is 6.42. The van der Waals surface area contributed by atoms with Crippen LogP contribution in [0.3, 0.4) is 0 Å². The number of methoxy groups -OCH3 is 1. The van der Waals surface area contributed by atoms with E-state index in [2.05, 4.69) is 0 Å². The highest BCUT2D eigenvalue weighted by Gasteiger charge is 2.39. The molecule has 1 heterocycles. The Hall–Kier alpha value is -2.08. The number of benzene rings is 1. The molecule has 1 atom stereocenters. The predicted molar refractivity (Wildman–Crippen MR) is 89.3 cm³/mol. The molecule has 1 N–H and O–H groups in total. The molecule has 1 aliphatic rings. The van der Waals surface area contributed by atoms with Crippen LogP contribution in [-0.2, 0) is 9.53 Å². The van der Waals surface area contributed by atoms with Gasteiger partial charge in [-0.1, -0.05) is 6.07 Å². The predicted octanol–water partition coefficient (Wildman–Crippen LogP) is 2.43. The van der Waals surface area contributed by atoms with Gasteiger partial charge in [0.1, 0.15) is 5.75 Å². The van der Waals surface area contributed by atoms with E-state index in [1.54, 1.807) is 43.2 Å². The highest BCUT2D eigenvalue weighted by atomic mass is 16.5. The maximum atomic E-state index is 12.7. The van der Waals surface area contributed by atoms with Crippen molar-refractivity contribution in [2.24, 2.45) is 5.41 Å². The van der Waals surface area contributed by atoms with Crippen molar-refractivity contribution >= 4 is 11.9 Å². The van der Waals surface area contributed by atoms with Crippen molar-refractivity contribution in [1.82, 2.24) is 4.90 Å². The van der Waals surface area contributed by atoms with Crippen molar-refractivity contribution in [3.8, 4) is 5.75 Å². The van der Waals surface area contributed by atoms with Crippen LogP contribution < -0.4 is 4.74 Å². The van der Waals surface area contributed by atoms with E-state index in [1.165, 1.54) is 0 Å². The number of nitrogens with zero attached hydrogens (tertiary/aromatic N) is 1. The van der Waals surface area contributed by atoms with E-state index in [9.17, 15) is 14.7 Å². The number of amides is 1. The number of hydrogen-bond donors (Lipinski definition) is 1. The minimum Gasteiger partial charge on any atom is -0.493 e. The van der Waals surface area contributed by atoms with Crippen LogP contribution in [0.1, 0.15) is 36.5 Å². The summed E-state index contributed by atoms with van der Waals surface area (Å²) in [4.78, 5) is 25.8. The fourth-order valence-electron chi connectivity index (χ4n) is 2.88. The van der Waals surface area contributed by atoms with Crippen LogP contribution in [0.25, 0.3) is 0 Å². The minimum absolute atomic E-state index is 0.149. The van der Waals surface area contributed by atoms with E-state index in [-0.39, 0.29) is 12.5 Å². The molecule has 1 aromatic carbocycles. The van der Waals surface area contributed by atoms with Crippen molar-refractivity contribution < 1.29 is 24.2 Å². The summed E-state index contributed by atoms with van der Waals surface area (Å²) in [6.45, 7) is 3.66. The van der Waals surface area contributed by atoms with Gasteiger partial charge in [0.25, 0.3) is 5.91 Å². The third-order valence-corrected chi connectivity index (χ3v) is 4.34. The first-order valence-corrected chi connectivity index (χ1v) is 8.21. The van der Waals surface area contributed by atoms with Gasteiger partial charge in [0, 0.05) is 38.8 Å². The molecule has 1 fully saturated rings. The van der Waals surface area contributed by atoms with Crippen LogP contribution in [0.5, 0.6) is 5.75 Å². The van der Waals surface area contributed by atoms with Crippen LogP contribution in [-0.4, -0.2) is 55.3 Å². The van der Waals surface area contributed by atoms with E-state index < -0.39 is 11.4 Å². The zero-order valence-corrected chi connectivity index (χ0v) is 14.3. The lowest BCUT2D eigenvalue weighted by molar-refractivity contribution is -0.150. The molecule has 1 amide bonds. The topological polar surface area (TPSA) is 76.1 Å². The Morgan fingerprint density at radius 3 is 2.83 bits per heavy atom. The summed E-state index contributed by atoms with van der Waals surface area (Å²) in [7, 11) is 1.64. The van der Waals surface area contributed by atoms with Crippen LogP contribution in [0, 0.1) is 5.41 Å². The molecule has 1 saturated heterocycles. The zero-order valence-electron chi connectivity index (χ0n) is 14.3. The maximum absolute atomic E-state index is 12.7. The number of carboxylic acids is 1. The van der Waals surface area contributed by atoms with Crippen molar-refractivity contribution in [1.29, 1.82) is 0 Å². The summed E-state index contributed by atoms with van der Waals surface area (Å²) < 4.78 is 10.6. The summed E-state index contributed by atoms with van der Waals surface area (Å²) in [6.07, 6.45) is 2.06. The summed E-state index contributed by atoms with van der Waals surface area (Å²) in [5.74, 6) is -0.366. The third kappa shape index (κ3) is 4.47. The quantitative estimate of drug-likeness (QED) is 0.775. The van der Waals surface area contributed by atoms with E-state index in [4.69, 9.17) is 9.47 Å². The van der Waals surface area contributed by atoms with Crippen LogP contribution in [0.4, 0.5) is 0 Å². The number of rotatable bonds is 7. The summed E-state index contributed by atoms with van der Waals surface area (Å²) in [5, 5.41) is 9.38. The van der Waals surface area contributed by atoms with Gasteiger partial charge in [0.2, 0.25) is 0 Å². The molecular weight excluding hydrogens is 310 g/mol. The number of carbonyl (C=O) groups excluding carboxylic acids is 1. The Morgan fingerprint density at radius 1 is 1.33 bits per heavy atom. The smallest absolute Gasteiger partial charge is 0.311 e. The molecular formula is C18H25NO5. The molecule has 0 bridgehead atoms. The second kappa shape index (κ2) is 8.15. The first kappa shape index (κ1) is 18.3. The molecule has 0 aromatic heterocycles. The number of carboxylic acid groups (broad SMARTS) is 1. The summed E-state index contributed by atoms with van der Waals surface area (Å²) in [5.41, 5.74) is -0.351. The molecule has 1 unspecified atom stereocenters. The van der Waals surface area contributed by atoms with Gasteiger partial charge in [-0.15, -0.1) is 0 Å². The molecule has 2 rings (SSSR count). The normalized spacial score (nSPS) is 20.7. The number of ether oxygens (including phenoxy) is 2. The third-order valence-electron chi connectivity index (χ3n) is 4.34. The van der Waals surface area contributed by atoms with Crippen LogP contribution >= 0.6 is 0 Å². The molecule has 0 aliphatic carbocycles. The number of aliphatic carboxylic acids is 1. The van der Waals surface area contributed by atoms with Gasteiger partial charge < -0.3 is 19.5 Å². The summed E-state index contributed by atoms with van der Waals surface area (Å²) in [6, 6.07) is 7.03. The van der Waals surface area contributed by atoms with E-state index >= 15 is 0 Å². The van der Waals surface area contributed by atoms with Crippen molar-refractivity contribution in [3.05, 3.63) is 29.8 Å². The summed E-state index contributed by atoms with van der Waals surface area (Å²) >= 11 is 0. The maximum Gasteiger partial charge on any atom is 0.311 e. The molecule has 24 heavy (non-hydrogen) atoms. The zero-order chi connectivity index (χ0) is 17.6. The Labute approximate surface area is 142 Å². The molecule has 6 heteroatoms. The van der Waals surface area contributed by atoms with Gasteiger partial charge in [0.05, 0.1) is 12.0 Å². The van der Waals surface area contributed by atoms with Crippen LogP contribution in [0.15, 0.2) is 24.3 Å². The lowest BCUT2D eigenvalue weighted by Gasteiger charge is -2.37. The SMILES string of the molecule is COCCCOc1cccc(C(=O)N2CCCC(C)(C(=O)O)C2)c1. The minimum atomic E-state index is -0.873. The standard InChI is InChI=1S/C18H25NO5/c1-18(17(21)22)8-4-9-19(13-18)16(20)14-6-3-7-15(12-14)24-11-5-10-23-2/h3,6-7,12H,4-5,8-11,13H2,1-2H3,(H,21,22). The molecule has 132 valence electrons. The van der Waals surface area contributed by atoms with Gasteiger partial charge in [-0.2, -0.15) is 0 Å². The molecule has 1 aromatic rings. The average Bonchev–Trinajstić information content (AvgIpc) is 2.58. The van der Waals surface area contributed by atoms with Gasteiger partial charge in [-0.05, 0) is 38.0 Å². The first-order valence-electron chi connectivity index (χ1n) is 8.21. The average molecular weight is 335 g/mol. The Kier molecular flexibility index (Phi) is 6.20. The molecule has 1 aliphatic heterocycles. The molecule has 0 radical (unpaired) electrons. The second-order valence-corrected chi connectivity index (χ2v) is 6.42. The molecule has 0 saturated carbocycles. The van der Waals surface area contributed by atoms with Gasteiger partial charge in [0.15, 0.2) is 0 Å². The highest BCUT2D eigenvalue weighted by molar-refractivity contribution is 5.95. The Morgan fingerprint density at radius 2 is 2.12 bits per heavy atom. The Bertz CT molecular complexity index is 589. The fourth-order valence-corrected chi connectivity index (χ4v) is 2.88. The van der Waals surface area contributed by atoms with Crippen molar-refractivity contribution in [2.45, 2.75) is 26.2 Å². The van der Waals surface area contributed by atoms with Gasteiger partial charge in [-0.3, -0.25) is 9.59 Å². The largest absolute Gasteiger partial charge is 0.493 e. The van der Waals surface area contributed by atoms with E-state index in [0.29, 0.717) is 43.9 Å². The molecule has 0 spiro atoms. The van der Waals surface area contributed by atoms with Crippen LogP contribution in [0.2, 0.25) is 0 Å². The highest BCUT2D eigenvalue weighted by Crippen LogP contribution is 2.30. The van der Waals surface area contributed by atoms with Crippen molar-refractivity contribution in [2.75, 3.05) is 33.4 Å². The number of carbonyl (C=O) groups is 2. The number of piperidine rings is 1. The lowest BCUT2D eigenvalue weighted by Crippen LogP contribution is -2.48. The van der Waals surface area contributed by atoms with E-state index in [1.807, 2.05) is 0 Å². The number of likely N-dealkylation sites (tertiary alicyclic amines) is 1.